The summed E-state index contributed by atoms with van der Waals surface area (Å²) < 4.78 is 6.03. The van der Waals surface area contributed by atoms with Crippen LogP contribution < -0.4 is 0 Å². The molecule has 13 heavy (non-hydrogen) atoms. The fraction of sp³-hybridized carbons (Fsp3) is 1.00. The molecule has 0 aromatic heterocycles. The van der Waals surface area contributed by atoms with E-state index in [-0.39, 0.29) is 0 Å². The van der Waals surface area contributed by atoms with E-state index in [0.29, 0.717) is 0 Å². The van der Waals surface area contributed by atoms with Crippen molar-refractivity contribution in [1.82, 2.24) is 4.90 Å². The number of ether oxygens (including phenoxy) is 1. The molecule has 1 heterocycles. The summed E-state index contributed by atoms with van der Waals surface area (Å²) in [7, 11) is 0. The highest BCUT2D eigenvalue weighted by Gasteiger charge is 2.09. The van der Waals surface area contributed by atoms with Crippen molar-refractivity contribution in [2.45, 2.75) is 11.5 Å². The molecule has 0 N–H and O–H groups in total. The van der Waals surface area contributed by atoms with Crippen LogP contribution >= 0.6 is 23.5 Å². The van der Waals surface area contributed by atoms with Gasteiger partial charge in [0, 0.05) is 30.0 Å². The predicted octanol–water partition coefficient (Wildman–Crippen LogP) is 1.76. The van der Waals surface area contributed by atoms with Crippen LogP contribution in [0.2, 0.25) is 0 Å². The average Bonchev–Trinajstić information content (AvgIpc) is 2.19. The lowest BCUT2D eigenvalue weighted by Gasteiger charge is -2.26. The summed E-state index contributed by atoms with van der Waals surface area (Å²) in [6, 6.07) is 0. The lowest BCUT2D eigenvalue weighted by atomic mass is 10.4. The van der Waals surface area contributed by atoms with Crippen LogP contribution in [0.3, 0.4) is 0 Å². The maximum atomic E-state index is 5.30. The van der Waals surface area contributed by atoms with E-state index in [1.165, 1.54) is 12.3 Å². The van der Waals surface area contributed by atoms with Gasteiger partial charge in [-0.2, -0.15) is 11.8 Å². The van der Waals surface area contributed by atoms with Gasteiger partial charge in [0.15, 0.2) is 0 Å². The summed E-state index contributed by atoms with van der Waals surface area (Å²) in [5, 5.41) is 0. The summed E-state index contributed by atoms with van der Waals surface area (Å²) in [6.07, 6.45) is 2.17. The molecule has 0 radical (unpaired) electrons. The maximum absolute atomic E-state index is 5.30. The standard InChI is InChI=1S/C9H19NOS2/c1-9(12-2)13-8-5-10-3-6-11-7-4-10/h9H,3-8H2,1-2H3. The number of hydrogen-bond acceptors (Lipinski definition) is 4. The molecule has 1 fully saturated rings. The molecular weight excluding hydrogens is 202 g/mol. The van der Waals surface area contributed by atoms with E-state index in [1.807, 2.05) is 11.8 Å². The van der Waals surface area contributed by atoms with Gasteiger partial charge in [0.05, 0.1) is 13.2 Å². The Morgan fingerprint density at radius 1 is 1.38 bits per heavy atom. The molecule has 2 nitrogen and oxygen atoms in total. The summed E-state index contributed by atoms with van der Waals surface area (Å²) in [5.74, 6) is 1.25. The zero-order chi connectivity index (χ0) is 9.52. The van der Waals surface area contributed by atoms with Crippen molar-refractivity contribution in [1.29, 1.82) is 0 Å². The first-order valence-electron chi connectivity index (χ1n) is 4.77. The van der Waals surface area contributed by atoms with Crippen LogP contribution in [-0.2, 0) is 4.74 Å². The molecule has 1 rings (SSSR count). The van der Waals surface area contributed by atoms with Crippen molar-refractivity contribution >= 4 is 23.5 Å². The van der Waals surface area contributed by atoms with Crippen molar-refractivity contribution in [2.24, 2.45) is 0 Å². The molecule has 0 aromatic rings. The van der Waals surface area contributed by atoms with Gasteiger partial charge in [-0.15, -0.1) is 11.8 Å². The maximum Gasteiger partial charge on any atom is 0.0594 e. The van der Waals surface area contributed by atoms with Crippen molar-refractivity contribution in [3.8, 4) is 0 Å². The number of thioether (sulfide) groups is 2. The molecule has 0 aromatic carbocycles. The monoisotopic (exact) mass is 221 g/mol. The second-order valence-electron chi connectivity index (χ2n) is 3.13. The molecule has 1 atom stereocenters. The van der Waals surface area contributed by atoms with E-state index in [4.69, 9.17) is 4.74 Å². The minimum Gasteiger partial charge on any atom is -0.379 e. The van der Waals surface area contributed by atoms with E-state index in [9.17, 15) is 0 Å². The van der Waals surface area contributed by atoms with Gasteiger partial charge in [0.1, 0.15) is 0 Å². The molecular formula is C9H19NOS2. The molecule has 1 aliphatic rings. The van der Waals surface area contributed by atoms with Crippen molar-refractivity contribution in [3.63, 3.8) is 0 Å². The van der Waals surface area contributed by atoms with Crippen molar-refractivity contribution < 1.29 is 4.74 Å². The summed E-state index contributed by atoms with van der Waals surface area (Å²) in [5.41, 5.74) is 0. The van der Waals surface area contributed by atoms with Crippen LogP contribution in [0.15, 0.2) is 0 Å². The van der Waals surface area contributed by atoms with Gasteiger partial charge in [-0.25, -0.2) is 0 Å². The highest BCUT2D eigenvalue weighted by atomic mass is 32.2. The highest BCUT2D eigenvalue weighted by molar-refractivity contribution is 8.16. The van der Waals surface area contributed by atoms with Crippen LogP contribution in [-0.4, -0.2) is 54.3 Å². The van der Waals surface area contributed by atoms with E-state index in [0.717, 1.165) is 30.9 Å². The summed E-state index contributed by atoms with van der Waals surface area (Å²) in [4.78, 5) is 2.49. The van der Waals surface area contributed by atoms with Crippen LogP contribution in [0.1, 0.15) is 6.92 Å². The quantitative estimate of drug-likeness (QED) is 0.656. The van der Waals surface area contributed by atoms with Crippen molar-refractivity contribution in [3.05, 3.63) is 0 Å². The average molecular weight is 221 g/mol. The zero-order valence-corrected chi connectivity index (χ0v) is 10.1. The molecule has 1 saturated heterocycles. The molecule has 0 spiro atoms. The van der Waals surface area contributed by atoms with Crippen LogP contribution in [0.25, 0.3) is 0 Å². The Kier molecular flexibility index (Phi) is 6.28. The molecule has 0 bridgehead atoms. The molecule has 0 saturated carbocycles. The Morgan fingerprint density at radius 2 is 2.08 bits per heavy atom. The molecule has 0 amide bonds. The zero-order valence-electron chi connectivity index (χ0n) is 8.49. The summed E-state index contributed by atoms with van der Waals surface area (Å²) in [6.45, 7) is 7.57. The number of morpholine rings is 1. The topological polar surface area (TPSA) is 12.5 Å². The van der Waals surface area contributed by atoms with Gasteiger partial charge in [0.2, 0.25) is 0 Å². The first-order valence-corrected chi connectivity index (χ1v) is 7.11. The Labute approximate surface area is 89.8 Å². The molecule has 78 valence electrons. The van der Waals surface area contributed by atoms with Gasteiger partial charge in [-0.05, 0) is 13.2 Å². The first kappa shape index (κ1) is 11.7. The van der Waals surface area contributed by atoms with Crippen molar-refractivity contribution in [2.75, 3.05) is 44.9 Å². The number of nitrogens with zero attached hydrogens (tertiary/aromatic N) is 1. The van der Waals surface area contributed by atoms with Gasteiger partial charge in [-0.1, -0.05) is 0 Å². The fourth-order valence-electron chi connectivity index (χ4n) is 1.24. The molecule has 1 unspecified atom stereocenters. The third-order valence-electron chi connectivity index (χ3n) is 2.20. The Bertz CT molecular complexity index is 129. The van der Waals surface area contributed by atoms with Gasteiger partial charge in [0.25, 0.3) is 0 Å². The number of hydrogen-bond donors (Lipinski definition) is 0. The van der Waals surface area contributed by atoms with E-state index < -0.39 is 0 Å². The Balaban J connectivity index is 1.98. The van der Waals surface area contributed by atoms with Crippen LogP contribution in [0, 0.1) is 0 Å². The number of rotatable bonds is 5. The predicted molar refractivity (Wildman–Crippen MR) is 62.7 cm³/mol. The van der Waals surface area contributed by atoms with Crippen LogP contribution in [0.4, 0.5) is 0 Å². The fourth-order valence-corrected chi connectivity index (χ4v) is 2.77. The SMILES string of the molecule is CSC(C)SCCN1CCOCC1. The highest BCUT2D eigenvalue weighted by Crippen LogP contribution is 2.20. The van der Waals surface area contributed by atoms with Crippen LogP contribution in [0.5, 0.6) is 0 Å². The molecule has 4 heteroatoms. The second-order valence-corrected chi connectivity index (χ2v) is 6.05. The Hall–Kier alpha value is 0.620. The van der Waals surface area contributed by atoms with E-state index in [1.54, 1.807) is 0 Å². The third kappa shape index (κ3) is 5.15. The van der Waals surface area contributed by atoms with Gasteiger partial charge < -0.3 is 4.74 Å². The lowest BCUT2D eigenvalue weighted by molar-refractivity contribution is 0.0410. The summed E-state index contributed by atoms with van der Waals surface area (Å²) >= 11 is 3.98. The van der Waals surface area contributed by atoms with Gasteiger partial charge >= 0.3 is 0 Å². The normalized spacial score (nSPS) is 21.7. The largest absolute Gasteiger partial charge is 0.379 e. The Morgan fingerprint density at radius 3 is 2.69 bits per heavy atom. The molecule has 1 aliphatic heterocycles. The third-order valence-corrected chi connectivity index (χ3v) is 4.73. The second kappa shape index (κ2) is 6.98. The lowest BCUT2D eigenvalue weighted by Crippen LogP contribution is -2.37. The first-order chi connectivity index (χ1) is 6.33. The minimum absolute atomic E-state index is 0.737. The van der Waals surface area contributed by atoms with Gasteiger partial charge in [-0.3, -0.25) is 4.90 Å². The van der Waals surface area contributed by atoms with E-state index >= 15 is 0 Å². The minimum atomic E-state index is 0.737. The van der Waals surface area contributed by atoms with E-state index in [2.05, 4.69) is 29.8 Å². The smallest absolute Gasteiger partial charge is 0.0594 e. The molecule has 0 aliphatic carbocycles.